The zero-order valence-electron chi connectivity index (χ0n) is 5.36. The summed E-state index contributed by atoms with van der Waals surface area (Å²) in [7, 11) is -2.66. The van der Waals surface area contributed by atoms with Gasteiger partial charge in [-0.3, -0.25) is 0 Å². The summed E-state index contributed by atoms with van der Waals surface area (Å²) in [5.41, 5.74) is 0. The van der Waals surface area contributed by atoms with Gasteiger partial charge in [0.1, 0.15) is 0 Å². The van der Waals surface area contributed by atoms with E-state index in [1.54, 1.807) is 0 Å². The van der Waals surface area contributed by atoms with Crippen LogP contribution in [-0.4, -0.2) is 32.1 Å². The summed E-state index contributed by atoms with van der Waals surface area (Å²) in [6.07, 6.45) is 0.671. The van der Waals surface area contributed by atoms with Gasteiger partial charge in [-0.25, -0.2) is 8.42 Å². The lowest BCUT2D eigenvalue weighted by Crippen LogP contribution is -2.34. The molecule has 0 N–H and O–H groups in total. The van der Waals surface area contributed by atoms with E-state index in [1.807, 2.05) is 0 Å². The lowest BCUT2D eigenvalue weighted by Gasteiger charge is -2.21. The van der Waals surface area contributed by atoms with Crippen molar-refractivity contribution in [3.63, 3.8) is 0 Å². The largest absolute Gasteiger partial charge is 0.369 e. The van der Waals surface area contributed by atoms with Gasteiger partial charge in [-0.15, -0.1) is 0 Å². The summed E-state index contributed by atoms with van der Waals surface area (Å²) in [4.78, 5) is 0. The number of sulfone groups is 1. The second kappa shape index (κ2) is 1.28. The molecular formula is C6H8O3S. The van der Waals surface area contributed by atoms with Crippen LogP contribution in [0.4, 0.5) is 0 Å². The van der Waals surface area contributed by atoms with Gasteiger partial charge >= 0.3 is 0 Å². The van der Waals surface area contributed by atoms with Crippen molar-refractivity contribution in [1.29, 1.82) is 0 Å². The fourth-order valence-corrected chi connectivity index (χ4v) is 4.44. The van der Waals surface area contributed by atoms with E-state index in [-0.39, 0.29) is 0 Å². The van der Waals surface area contributed by atoms with E-state index in [0.717, 1.165) is 0 Å². The van der Waals surface area contributed by atoms with Gasteiger partial charge in [-0.2, -0.15) is 0 Å². The van der Waals surface area contributed by atoms with Gasteiger partial charge in [0.2, 0.25) is 0 Å². The number of hydrogen-bond donors (Lipinski definition) is 0. The van der Waals surface area contributed by atoms with Gasteiger partial charge in [-0.05, 0) is 0 Å². The first-order valence-corrected chi connectivity index (χ1v) is 5.35. The first-order chi connectivity index (χ1) is 4.67. The molecule has 0 radical (unpaired) electrons. The van der Waals surface area contributed by atoms with Crippen molar-refractivity contribution in [2.24, 2.45) is 11.8 Å². The number of ether oxygens (including phenoxy) is 1. The summed E-state index contributed by atoms with van der Waals surface area (Å²) >= 11 is 0. The Morgan fingerprint density at radius 1 is 1.10 bits per heavy atom. The molecule has 0 aromatic carbocycles. The minimum atomic E-state index is -2.66. The molecule has 3 rings (SSSR count). The fraction of sp³-hybridized carbons (Fsp3) is 1.00. The second-order valence-electron chi connectivity index (χ2n) is 3.47. The van der Waals surface area contributed by atoms with Crippen LogP contribution in [0, 0.1) is 11.8 Å². The molecule has 0 bridgehead atoms. The van der Waals surface area contributed by atoms with Crippen molar-refractivity contribution in [2.75, 3.05) is 11.5 Å². The van der Waals surface area contributed by atoms with Crippen molar-refractivity contribution in [3.05, 3.63) is 0 Å². The highest BCUT2D eigenvalue weighted by molar-refractivity contribution is 7.91. The molecule has 4 atom stereocenters. The molecule has 4 heteroatoms. The standard InChI is InChI=1S/C6H8O3S/c7-10(8)1-3-4(2-10)6-5(3)9-6/h3-6H,1-2H2/t3-,4+,5+,6-. The van der Waals surface area contributed by atoms with Crippen LogP contribution < -0.4 is 0 Å². The van der Waals surface area contributed by atoms with Crippen LogP contribution >= 0.6 is 0 Å². The summed E-state index contributed by atoms with van der Waals surface area (Å²) in [5.74, 6) is 1.52. The maximum Gasteiger partial charge on any atom is 0.151 e. The maximum atomic E-state index is 11.0. The Kier molecular flexibility index (Phi) is 0.707. The van der Waals surface area contributed by atoms with Crippen LogP contribution in [0.2, 0.25) is 0 Å². The minimum absolute atomic E-state index is 0.335. The lowest BCUT2D eigenvalue weighted by molar-refractivity contribution is 0.317. The molecule has 0 aromatic rings. The molecule has 1 aliphatic carbocycles. The van der Waals surface area contributed by atoms with Crippen molar-refractivity contribution in [2.45, 2.75) is 12.2 Å². The molecule has 0 unspecified atom stereocenters. The van der Waals surface area contributed by atoms with Crippen molar-refractivity contribution in [3.8, 4) is 0 Å². The molecular weight excluding hydrogens is 152 g/mol. The number of epoxide rings is 1. The van der Waals surface area contributed by atoms with E-state index >= 15 is 0 Å². The first-order valence-electron chi connectivity index (χ1n) is 3.53. The number of hydrogen-bond acceptors (Lipinski definition) is 3. The Morgan fingerprint density at radius 3 is 2.10 bits per heavy atom. The topological polar surface area (TPSA) is 46.7 Å². The van der Waals surface area contributed by atoms with E-state index in [9.17, 15) is 8.42 Å². The molecule has 3 aliphatic rings. The van der Waals surface area contributed by atoms with E-state index in [2.05, 4.69) is 0 Å². The summed E-state index contributed by atoms with van der Waals surface area (Å²) in [6, 6.07) is 0. The maximum absolute atomic E-state index is 11.0. The molecule has 3 fully saturated rings. The zero-order chi connectivity index (χ0) is 6.93. The van der Waals surface area contributed by atoms with Crippen LogP contribution in [0.5, 0.6) is 0 Å². The molecule has 0 spiro atoms. The van der Waals surface area contributed by atoms with Gasteiger partial charge in [0, 0.05) is 11.8 Å². The molecule has 2 heterocycles. The quantitative estimate of drug-likeness (QED) is 0.446. The molecule has 56 valence electrons. The van der Waals surface area contributed by atoms with Crippen LogP contribution in [-0.2, 0) is 14.6 Å². The van der Waals surface area contributed by atoms with Crippen LogP contribution in [0.25, 0.3) is 0 Å². The Balaban J connectivity index is 1.98. The van der Waals surface area contributed by atoms with Crippen LogP contribution in [0.15, 0.2) is 0 Å². The van der Waals surface area contributed by atoms with Crippen molar-refractivity contribution >= 4 is 9.84 Å². The molecule has 2 aliphatic heterocycles. The van der Waals surface area contributed by atoms with Gasteiger partial charge in [0.25, 0.3) is 0 Å². The Bertz CT molecular complexity index is 259. The highest BCUT2D eigenvalue weighted by Crippen LogP contribution is 2.55. The third kappa shape index (κ3) is 0.485. The Hall–Kier alpha value is -0.0900. The first kappa shape index (κ1) is 5.55. The number of rotatable bonds is 0. The summed E-state index contributed by atoms with van der Waals surface area (Å²) < 4.78 is 27.2. The molecule has 0 amide bonds. The number of fused-ring (bicyclic) bond motifs is 4. The van der Waals surface area contributed by atoms with E-state index in [1.165, 1.54) is 0 Å². The second-order valence-corrected chi connectivity index (χ2v) is 5.62. The highest BCUT2D eigenvalue weighted by atomic mass is 32.2. The molecule has 1 saturated carbocycles. The van der Waals surface area contributed by atoms with E-state index in [4.69, 9.17) is 4.74 Å². The minimum Gasteiger partial charge on any atom is -0.369 e. The Labute approximate surface area is 59.3 Å². The smallest absolute Gasteiger partial charge is 0.151 e. The highest BCUT2D eigenvalue weighted by Gasteiger charge is 2.68. The SMILES string of the molecule is O=S1(=O)C[C@@H]2[C@H](C1)[C@H]1O[C@@H]21. The lowest BCUT2D eigenvalue weighted by atomic mass is 9.77. The molecule has 2 saturated heterocycles. The average molecular weight is 160 g/mol. The Morgan fingerprint density at radius 2 is 1.60 bits per heavy atom. The van der Waals surface area contributed by atoms with Crippen LogP contribution in [0.3, 0.4) is 0 Å². The van der Waals surface area contributed by atoms with Gasteiger partial charge in [0.15, 0.2) is 9.84 Å². The predicted molar refractivity (Wildman–Crippen MR) is 34.3 cm³/mol. The normalized spacial score (nSPS) is 60.4. The van der Waals surface area contributed by atoms with Gasteiger partial charge in [-0.1, -0.05) is 0 Å². The summed E-state index contributed by atoms with van der Waals surface area (Å²) in [5, 5.41) is 0. The van der Waals surface area contributed by atoms with Gasteiger partial charge in [0.05, 0.1) is 23.7 Å². The van der Waals surface area contributed by atoms with E-state index < -0.39 is 9.84 Å². The predicted octanol–water partition coefficient (Wildman–Crippen LogP) is -0.572. The molecule has 10 heavy (non-hydrogen) atoms. The van der Waals surface area contributed by atoms with Gasteiger partial charge < -0.3 is 4.74 Å². The van der Waals surface area contributed by atoms with E-state index in [0.29, 0.717) is 35.5 Å². The monoisotopic (exact) mass is 160 g/mol. The average Bonchev–Trinajstić information content (AvgIpc) is 2.49. The van der Waals surface area contributed by atoms with Crippen molar-refractivity contribution in [1.82, 2.24) is 0 Å². The summed E-state index contributed by atoms with van der Waals surface area (Å²) in [6.45, 7) is 0. The molecule has 3 nitrogen and oxygen atoms in total. The van der Waals surface area contributed by atoms with Crippen molar-refractivity contribution < 1.29 is 13.2 Å². The molecule has 0 aromatic heterocycles. The third-order valence-electron chi connectivity index (χ3n) is 2.85. The van der Waals surface area contributed by atoms with Crippen LogP contribution in [0.1, 0.15) is 0 Å². The zero-order valence-corrected chi connectivity index (χ0v) is 6.17. The fourth-order valence-electron chi connectivity index (χ4n) is 2.26. The third-order valence-corrected chi connectivity index (χ3v) is 4.63.